The second-order valence-corrected chi connectivity index (χ2v) is 6.90. The average Bonchev–Trinajstić information content (AvgIpc) is 2.49. The number of likely N-dealkylation sites (N-methyl/N-ethyl adjacent to an activating group) is 1. The fourth-order valence-electron chi connectivity index (χ4n) is 2.97. The first-order valence-electron chi connectivity index (χ1n) is 7.39. The summed E-state index contributed by atoms with van der Waals surface area (Å²) in [5.41, 5.74) is 1.14. The lowest BCUT2D eigenvalue weighted by molar-refractivity contribution is -0.0223. The zero-order valence-corrected chi connectivity index (χ0v) is 14.5. The number of hydrogen-bond donors (Lipinski definition) is 1. The summed E-state index contributed by atoms with van der Waals surface area (Å²) in [5.74, 6) is -0.216. The van der Waals surface area contributed by atoms with Gasteiger partial charge in [0.25, 0.3) is 0 Å². The first kappa shape index (κ1) is 16.9. The molecule has 3 nitrogen and oxygen atoms in total. The lowest BCUT2D eigenvalue weighted by Gasteiger charge is -2.46. The van der Waals surface area contributed by atoms with Crippen molar-refractivity contribution in [2.45, 2.75) is 31.8 Å². The number of halogens is 2. The fourth-order valence-corrected chi connectivity index (χ4v) is 3.39. The molecule has 0 saturated carbocycles. The van der Waals surface area contributed by atoms with Crippen molar-refractivity contribution in [1.82, 2.24) is 10.2 Å². The molecule has 1 atom stereocenters. The summed E-state index contributed by atoms with van der Waals surface area (Å²) in [7, 11) is 1.99. The van der Waals surface area contributed by atoms with Crippen LogP contribution >= 0.6 is 15.9 Å². The van der Waals surface area contributed by atoms with Gasteiger partial charge in [-0.05, 0) is 60.9 Å². The second-order valence-electron chi connectivity index (χ2n) is 6.05. The third-order valence-electron chi connectivity index (χ3n) is 4.45. The molecule has 1 aromatic rings. The van der Waals surface area contributed by atoms with Crippen LogP contribution in [0, 0.1) is 5.82 Å². The van der Waals surface area contributed by atoms with E-state index in [-0.39, 0.29) is 17.4 Å². The Morgan fingerprint density at radius 1 is 1.38 bits per heavy atom. The average molecular weight is 359 g/mol. The Hall–Kier alpha value is -0.490. The van der Waals surface area contributed by atoms with Crippen molar-refractivity contribution >= 4 is 15.9 Å². The highest BCUT2D eigenvalue weighted by molar-refractivity contribution is 9.10. The van der Waals surface area contributed by atoms with Gasteiger partial charge in [0.05, 0.1) is 17.7 Å². The monoisotopic (exact) mass is 358 g/mol. The van der Waals surface area contributed by atoms with E-state index in [9.17, 15) is 4.39 Å². The lowest BCUT2D eigenvalue weighted by atomic mass is 9.87. The molecule has 1 aromatic carbocycles. The lowest BCUT2D eigenvalue weighted by Crippen LogP contribution is -2.60. The summed E-state index contributed by atoms with van der Waals surface area (Å²) in [6.45, 7) is 8.02. The number of nitrogens with zero attached hydrogens (tertiary/aromatic N) is 1. The molecule has 0 spiro atoms. The molecule has 1 aliphatic rings. The SMILES string of the molecule is CNC(Cc1ccc(F)c(Br)c1)C(C)(C)N1CCOCC1. The van der Waals surface area contributed by atoms with Crippen LogP contribution in [-0.4, -0.2) is 49.8 Å². The third-order valence-corrected chi connectivity index (χ3v) is 5.06. The van der Waals surface area contributed by atoms with Crippen LogP contribution in [0.2, 0.25) is 0 Å². The summed E-state index contributed by atoms with van der Waals surface area (Å²) >= 11 is 3.26. The van der Waals surface area contributed by atoms with Gasteiger partial charge in [0.2, 0.25) is 0 Å². The van der Waals surface area contributed by atoms with Gasteiger partial charge in [0.1, 0.15) is 5.82 Å². The molecule has 1 aliphatic heterocycles. The first-order chi connectivity index (χ1) is 9.95. The zero-order valence-electron chi connectivity index (χ0n) is 13.0. The van der Waals surface area contributed by atoms with Gasteiger partial charge in [-0.15, -0.1) is 0 Å². The van der Waals surface area contributed by atoms with E-state index < -0.39 is 0 Å². The predicted octanol–water partition coefficient (Wildman–Crippen LogP) is 2.83. The van der Waals surface area contributed by atoms with Crippen LogP contribution in [0.15, 0.2) is 22.7 Å². The highest BCUT2D eigenvalue weighted by Crippen LogP contribution is 2.25. The molecule has 1 unspecified atom stereocenters. The van der Waals surface area contributed by atoms with Crippen molar-refractivity contribution in [2.75, 3.05) is 33.4 Å². The molecular formula is C16H24BrFN2O. The molecule has 1 N–H and O–H groups in total. The van der Waals surface area contributed by atoms with E-state index in [1.54, 1.807) is 0 Å². The minimum absolute atomic E-state index is 0.0133. The molecule has 0 bridgehead atoms. The highest BCUT2D eigenvalue weighted by atomic mass is 79.9. The molecule has 0 aromatic heterocycles. The minimum atomic E-state index is -0.216. The van der Waals surface area contributed by atoms with Crippen LogP contribution in [0.25, 0.3) is 0 Å². The Morgan fingerprint density at radius 2 is 2.05 bits per heavy atom. The summed E-state index contributed by atoms with van der Waals surface area (Å²) in [6.07, 6.45) is 0.861. The maximum atomic E-state index is 13.4. The molecule has 1 saturated heterocycles. The number of benzene rings is 1. The number of rotatable bonds is 5. The molecule has 118 valence electrons. The van der Waals surface area contributed by atoms with Gasteiger partial charge in [-0.2, -0.15) is 0 Å². The van der Waals surface area contributed by atoms with Gasteiger partial charge in [0, 0.05) is 24.7 Å². The van der Waals surface area contributed by atoms with Crippen LogP contribution in [0.5, 0.6) is 0 Å². The second kappa shape index (κ2) is 7.18. The van der Waals surface area contributed by atoms with Crippen molar-refractivity contribution < 1.29 is 9.13 Å². The molecular weight excluding hydrogens is 335 g/mol. The van der Waals surface area contributed by atoms with E-state index in [1.165, 1.54) is 6.07 Å². The molecule has 0 radical (unpaired) electrons. The molecule has 2 rings (SSSR count). The minimum Gasteiger partial charge on any atom is -0.379 e. The Bertz CT molecular complexity index is 475. The molecule has 1 fully saturated rings. The summed E-state index contributed by atoms with van der Waals surface area (Å²) in [5, 5.41) is 3.43. The molecule has 5 heteroatoms. The highest BCUT2D eigenvalue weighted by Gasteiger charge is 2.35. The van der Waals surface area contributed by atoms with Crippen LogP contribution in [0.1, 0.15) is 19.4 Å². The van der Waals surface area contributed by atoms with Crippen LogP contribution in [-0.2, 0) is 11.2 Å². The van der Waals surface area contributed by atoms with E-state index >= 15 is 0 Å². The molecule has 1 heterocycles. The number of morpholine rings is 1. The molecule has 0 aliphatic carbocycles. The van der Waals surface area contributed by atoms with Gasteiger partial charge in [-0.3, -0.25) is 4.90 Å². The van der Waals surface area contributed by atoms with Gasteiger partial charge < -0.3 is 10.1 Å². The van der Waals surface area contributed by atoms with Crippen molar-refractivity contribution in [3.63, 3.8) is 0 Å². The number of hydrogen-bond acceptors (Lipinski definition) is 3. The van der Waals surface area contributed by atoms with Crippen LogP contribution in [0.3, 0.4) is 0 Å². The van der Waals surface area contributed by atoms with E-state index in [1.807, 2.05) is 19.2 Å². The summed E-state index contributed by atoms with van der Waals surface area (Å²) in [6, 6.07) is 5.54. The van der Waals surface area contributed by atoms with Crippen molar-refractivity contribution in [3.05, 3.63) is 34.1 Å². The molecule has 0 amide bonds. The van der Waals surface area contributed by atoms with Crippen molar-refractivity contribution in [3.8, 4) is 0 Å². The third kappa shape index (κ3) is 4.03. The van der Waals surface area contributed by atoms with E-state index in [4.69, 9.17) is 4.74 Å². The van der Waals surface area contributed by atoms with Gasteiger partial charge in [0.15, 0.2) is 0 Å². The fraction of sp³-hybridized carbons (Fsp3) is 0.625. The van der Waals surface area contributed by atoms with Crippen molar-refractivity contribution in [1.29, 1.82) is 0 Å². The summed E-state index contributed by atoms with van der Waals surface area (Å²) < 4.78 is 19.3. The Labute approximate surface area is 135 Å². The van der Waals surface area contributed by atoms with E-state index in [0.29, 0.717) is 4.47 Å². The first-order valence-corrected chi connectivity index (χ1v) is 8.18. The number of nitrogens with one attached hydrogen (secondary N) is 1. The van der Waals surface area contributed by atoms with E-state index in [0.717, 1.165) is 38.3 Å². The smallest absolute Gasteiger partial charge is 0.137 e. The Kier molecular flexibility index (Phi) is 5.77. The van der Waals surface area contributed by atoms with Gasteiger partial charge >= 0.3 is 0 Å². The quantitative estimate of drug-likeness (QED) is 0.875. The normalized spacial score (nSPS) is 18.7. The topological polar surface area (TPSA) is 24.5 Å². The zero-order chi connectivity index (χ0) is 15.5. The number of ether oxygens (including phenoxy) is 1. The van der Waals surface area contributed by atoms with E-state index in [2.05, 4.69) is 40.0 Å². The Balaban J connectivity index is 2.12. The predicted molar refractivity (Wildman–Crippen MR) is 87.1 cm³/mol. The van der Waals surface area contributed by atoms with Crippen LogP contribution < -0.4 is 5.32 Å². The maximum absolute atomic E-state index is 13.4. The van der Waals surface area contributed by atoms with Gasteiger partial charge in [-0.1, -0.05) is 6.07 Å². The van der Waals surface area contributed by atoms with Gasteiger partial charge in [-0.25, -0.2) is 4.39 Å². The van der Waals surface area contributed by atoms with Crippen molar-refractivity contribution in [2.24, 2.45) is 0 Å². The molecule has 21 heavy (non-hydrogen) atoms. The Morgan fingerprint density at radius 3 is 2.62 bits per heavy atom. The standard InChI is InChI=1S/C16H24BrFN2O/c1-16(2,20-6-8-21-9-7-20)15(19-3)11-12-4-5-14(18)13(17)10-12/h4-5,10,15,19H,6-9,11H2,1-3H3. The largest absolute Gasteiger partial charge is 0.379 e. The van der Waals surface area contributed by atoms with Crippen LogP contribution in [0.4, 0.5) is 4.39 Å². The summed E-state index contributed by atoms with van der Waals surface area (Å²) in [4.78, 5) is 2.47. The maximum Gasteiger partial charge on any atom is 0.137 e.